The van der Waals surface area contributed by atoms with Crippen LogP contribution < -0.4 is 0 Å². The molecule has 0 spiro atoms. The Kier molecular flexibility index (Phi) is 3.94. The molecule has 3 aromatic rings. The molecule has 0 aliphatic rings. The first kappa shape index (κ1) is 15.0. The monoisotopic (exact) mass is 328 g/mol. The summed E-state index contributed by atoms with van der Waals surface area (Å²) < 4.78 is 0. The molecule has 6 nitrogen and oxygen atoms in total. The van der Waals surface area contributed by atoms with Crippen molar-refractivity contribution in [3.63, 3.8) is 0 Å². The highest BCUT2D eigenvalue weighted by molar-refractivity contribution is 7.99. The van der Waals surface area contributed by atoms with Crippen LogP contribution >= 0.6 is 11.8 Å². The number of nitrogens with one attached hydrogen (secondary N) is 1. The first-order valence-electron chi connectivity index (χ1n) is 6.68. The summed E-state index contributed by atoms with van der Waals surface area (Å²) in [4.78, 5) is 14.1. The third-order valence-electron chi connectivity index (χ3n) is 3.25. The number of hydrogen-bond donors (Lipinski definition) is 3. The Labute approximate surface area is 135 Å². The van der Waals surface area contributed by atoms with E-state index >= 15 is 0 Å². The van der Waals surface area contributed by atoms with Gasteiger partial charge in [-0.15, -0.1) is 0 Å². The van der Waals surface area contributed by atoms with Crippen molar-refractivity contribution >= 4 is 17.4 Å². The molecule has 1 heterocycles. The number of nitrogens with zero attached hydrogens (tertiary/aromatic N) is 1. The van der Waals surface area contributed by atoms with Crippen molar-refractivity contribution in [3.05, 3.63) is 64.7 Å². The fourth-order valence-electron chi connectivity index (χ4n) is 2.18. The predicted molar refractivity (Wildman–Crippen MR) is 86.8 cm³/mol. The standard InChI is InChI=1S/C16H12N2O4S/c19-15-13(10-6-8-11(9-7-10)18(21)22)14(16(20)17-15)23-12-4-2-1-3-5-12/h1-9,17,19-20H. The van der Waals surface area contributed by atoms with Crippen LogP contribution in [0.25, 0.3) is 11.1 Å². The largest absolute Gasteiger partial charge is 0.494 e. The molecular formula is C16H12N2O4S. The summed E-state index contributed by atoms with van der Waals surface area (Å²) in [6.45, 7) is 0. The van der Waals surface area contributed by atoms with Crippen LogP contribution in [0.15, 0.2) is 64.4 Å². The molecule has 7 heteroatoms. The zero-order valence-electron chi connectivity index (χ0n) is 11.8. The van der Waals surface area contributed by atoms with E-state index in [2.05, 4.69) is 4.98 Å². The van der Waals surface area contributed by atoms with E-state index in [1.54, 1.807) is 0 Å². The van der Waals surface area contributed by atoms with Crippen LogP contribution in [-0.4, -0.2) is 20.1 Å². The van der Waals surface area contributed by atoms with E-state index in [1.165, 1.54) is 36.0 Å². The van der Waals surface area contributed by atoms with Crippen LogP contribution in [0.2, 0.25) is 0 Å². The fourth-order valence-corrected chi connectivity index (χ4v) is 3.17. The Morgan fingerprint density at radius 2 is 1.61 bits per heavy atom. The summed E-state index contributed by atoms with van der Waals surface area (Å²) in [6, 6.07) is 15.2. The number of benzene rings is 2. The second-order valence-electron chi connectivity index (χ2n) is 4.75. The van der Waals surface area contributed by atoms with Crippen LogP contribution in [0.1, 0.15) is 0 Å². The molecule has 0 bridgehead atoms. The number of H-pyrrole nitrogens is 1. The lowest BCUT2D eigenvalue weighted by Gasteiger charge is -2.05. The van der Waals surface area contributed by atoms with Gasteiger partial charge in [-0.05, 0) is 29.8 Å². The molecule has 0 unspecified atom stereocenters. The molecule has 0 aliphatic heterocycles. The molecule has 2 aromatic carbocycles. The SMILES string of the molecule is O=[N+]([O-])c1ccc(-c2c(O)[nH]c(O)c2Sc2ccccc2)cc1. The van der Waals surface area contributed by atoms with Gasteiger partial charge in [-0.3, -0.25) is 15.1 Å². The van der Waals surface area contributed by atoms with Crippen LogP contribution in [0.5, 0.6) is 11.8 Å². The minimum Gasteiger partial charge on any atom is -0.494 e. The van der Waals surface area contributed by atoms with Gasteiger partial charge < -0.3 is 10.2 Å². The van der Waals surface area contributed by atoms with E-state index in [-0.39, 0.29) is 17.4 Å². The van der Waals surface area contributed by atoms with Gasteiger partial charge in [0, 0.05) is 17.0 Å². The van der Waals surface area contributed by atoms with Crippen LogP contribution in [0.4, 0.5) is 5.69 Å². The second kappa shape index (κ2) is 6.05. The predicted octanol–water partition coefficient (Wildman–Crippen LogP) is 4.15. The summed E-state index contributed by atoms with van der Waals surface area (Å²) in [5.74, 6) is -0.334. The Balaban J connectivity index is 2.03. The summed E-state index contributed by atoms with van der Waals surface area (Å²) in [7, 11) is 0. The van der Waals surface area contributed by atoms with E-state index in [1.807, 2.05) is 30.3 Å². The average molecular weight is 328 g/mol. The quantitative estimate of drug-likeness (QED) is 0.493. The highest BCUT2D eigenvalue weighted by Crippen LogP contribution is 2.46. The highest BCUT2D eigenvalue weighted by atomic mass is 32.2. The molecule has 0 atom stereocenters. The van der Waals surface area contributed by atoms with Gasteiger partial charge in [0.1, 0.15) is 0 Å². The molecule has 116 valence electrons. The Bertz CT molecular complexity index is 845. The number of aromatic hydroxyl groups is 2. The summed E-state index contributed by atoms with van der Waals surface area (Å²) in [5, 5.41) is 30.8. The van der Waals surface area contributed by atoms with Gasteiger partial charge in [-0.25, -0.2) is 0 Å². The van der Waals surface area contributed by atoms with Crippen molar-refractivity contribution in [2.75, 3.05) is 0 Å². The maximum absolute atomic E-state index is 10.7. The molecule has 3 N–H and O–H groups in total. The number of aromatic amines is 1. The molecular weight excluding hydrogens is 316 g/mol. The van der Waals surface area contributed by atoms with Crippen LogP contribution in [-0.2, 0) is 0 Å². The zero-order chi connectivity index (χ0) is 16.4. The maximum atomic E-state index is 10.7. The van der Waals surface area contributed by atoms with Crippen molar-refractivity contribution in [3.8, 4) is 22.9 Å². The number of aromatic nitrogens is 1. The van der Waals surface area contributed by atoms with Gasteiger partial charge in [-0.2, -0.15) is 0 Å². The maximum Gasteiger partial charge on any atom is 0.269 e. The fraction of sp³-hybridized carbons (Fsp3) is 0. The van der Waals surface area contributed by atoms with E-state index in [0.717, 1.165) is 4.90 Å². The van der Waals surface area contributed by atoms with Crippen molar-refractivity contribution in [1.29, 1.82) is 0 Å². The summed E-state index contributed by atoms with van der Waals surface area (Å²) in [6.07, 6.45) is 0. The average Bonchev–Trinajstić information content (AvgIpc) is 2.82. The second-order valence-corrected chi connectivity index (χ2v) is 5.83. The minimum absolute atomic E-state index is 0.0368. The van der Waals surface area contributed by atoms with Crippen LogP contribution in [0, 0.1) is 10.1 Å². The number of rotatable bonds is 4. The number of non-ortho nitro benzene ring substituents is 1. The topological polar surface area (TPSA) is 99.4 Å². The lowest BCUT2D eigenvalue weighted by molar-refractivity contribution is -0.384. The van der Waals surface area contributed by atoms with E-state index in [4.69, 9.17) is 0 Å². The van der Waals surface area contributed by atoms with Gasteiger partial charge in [-0.1, -0.05) is 30.0 Å². The Hall–Kier alpha value is -2.93. The summed E-state index contributed by atoms with van der Waals surface area (Å²) in [5.41, 5.74) is 0.944. The van der Waals surface area contributed by atoms with Gasteiger partial charge in [0.2, 0.25) is 11.8 Å². The molecule has 0 radical (unpaired) electrons. The molecule has 0 amide bonds. The van der Waals surface area contributed by atoms with Gasteiger partial charge in [0.05, 0.1) is 15.4 Å². The number of nitro benzene ring substituents is 1. The lowest BCUT2D eigenvalue weighted by Crippen LogP contribution is -1.87. The van der Waals surface area contributed by atoms with E-state index in [0.29, 0.717) is 16.0 Å². The molecule has 0 saturated heterocycles. The Morgan fingerprint density at radius 3 is 2.22 bits per heavy atom. The molecule has 3 rings (SSSR count). The number of hydrogen-bond acceptors (Lipinski definition) is 5. The van der Waals surface area contributed by atoms with Gasteiger partial charge in [0.15, 0.2) is 0 Å². The van der Waals surface area contributed by atoms with Crippen LogP contribution in [0.3, 0.4) is 0 Å². The summed E-state index contributed by atoms with van der Waals surface area (Å²) >= 11 is 1.29. The molecule has 1 aromatic heterocycles. The zero-order valence-corrected chi connectivity index (χ0v) is 12.6. The first-order chi connectivity index (χ1) is 11.1. The Morgan fingerprint density at radius 1 is 0.957 bits per heavy atom. The van der Waals surface area contributed by atoms with E-state index < -0.39 is 4.92 Å². The van der Waals surface area contributed by atoms with Gasteiger partial charge >= 0.3 is 0 Å². The third kappa shape index (κ3) is 3.00. The number of nitro groups is 1. The van der Waals surface area contributed by atoms with Crippen molar-refractivity contribution in [1.82, 2.24) is 4.98 Å². The van der Waals surface area contributed by atoms with Crippen molar-refractivity contribution in [2.45, 2.75) is 9.79 Å². The molecule has 0 saturated carbocycles. The third-order valence-corrected chi connectivity index (χ3v) is 4.36. The normalized spacial score (nSPS) is 10.6. The van der Waals surface area contributed by atoms with Gasteiger partial charge in [0.25, 0.3) is 5.69 Å². The minimum atomic E-state index is -0.488. The van der Waals surface area contributed by atoms with E-state index in [9.17, 15) is 20.3 Å². The molecule has 0 fully saturated rings. The van der Waals surface area contributed by atoms with Crippen molar-refractivity contribution in [2.24, 2.45) is 0 Å². The smallest absolute Gasteiger partial charge is 0.269 e. The molecule has 23 heavy (non-hydrogen) atoms. The first-order valence-corrected chi connectivity index (χ1v) is 7.49. The highest BCUT2D eigenvalue weighted by Gasteiger charge is 2.20. The lowest BCUT2D eigenvalue weighted by atomic mass is 10.1. The van der Waals surface area contributed by atoms with Crippen molar-refractivity contribution < 1.29 is 15.1 Å². The molecule has 0 aliphatic carbocycles.